The van der Waals surface area contributed by atoms with Crippen LogP contribution in [0.15, 0.2) is 90.8 Å². The summed E-state index contributed by atoms with van der Waals surface area (Å²) in [5, 5.41) is 2.63. The Labute approximate surface area is 153 Å². The maximum atomic E-state index is 12.3. The van der Waals surface area contributed by atoms with Crippen LogP contribution in [0.5, 0.6) is 0 Å². The maximum Gasteiger partial charge on any atom is 0.286 e. The zero-order chi connectivity index (χ0) is 18.8. The van der Waals surface area contributed by atoms with Gasteiger partial charge in [0, 0.05) is 11.3 Å². The first-order valence-corrected chi connectivity index (χ1v) is 8.08. The zero-order valence-electron chi connectivity index (χ0n) is 14.5. The lowest BCUT2D eigenvalue weighted by Gasteiger charge is -2.11. The van der Waals surface area contributed by atoms with E-state index in [2.05, 4.69) is 22.7 Å². The lowest BCUT2D eigenvalue weighted by atomic mass is 10.2. The molecule has 0 bridgehead atoms. The highest BCUT2D eigenvalue weighted by atomic mass is 16.2. The molecule has 0 fully saturated rings. The van der Waals surface area contributed by atoms with Crippen LogP contribution in [0.25, 0.3) is 6.08 Å². The van der Waals surface area contributed by atoms with Crippen molar-refractivity contribution < 1.29 is 9.59 Å². The van der Waals surface area contributed by atoms with E-state index >= 15 is 0 Å². The molecule has 0 unspecified atom stereocenters. The Bertz CT molecular complexity index is 825. The van der Waals surface area contributed by atoms with E-state index in [9.17, 15) is 9.59 Å². The summed E-state index contributed by atoms with van der Waals surface area (Å²) in [4.78, 5) is 24.7. The number of allylic oxidation sites excluding steroid dienone is 3. The predicted molar refractivity (Wildman–Crippen MR) is 104 cm³/mol. The van der Waals surface area contributed by atoms with Gasteiger partial charge >= 0.3 is 0 Å². The minimum Gasteiger partial charge on any atom is -0.317 e. The number of rotatable bonds is 7. The van der Waals surface area contributed by atoms with Gasteiger partial charge in [0.2, 0.25) is 0 Å². The number of carbonyl (C=O) groups excluding carboxylic acids is 2. The van der Waals surface area contributed by atoms with Crippen LogP contribution >= 0.6 is 0 Å². The van der Waals surface area contributed by atoms with Gasteiger partial charge in [-0.25, -0.2) is 0 Å². The summed E-state index contributed by atoms with van der Waals surface area (Å²) in [5.41, 5.74) is 7.25. The molecule has 0 spiro atoms. The fourth-order valence-corrected chi connectivity index (χ4v) is 2.01. The van der Waals surface area contributed by atoms with Crippen molar-refractivity contribution in [3.8, 4) is 0 Å². The molecule has 26 heavy (non-hydrogen) atoms. The van der Waals surface area contributed by atoms with Crippen LogP contribution in [0.1, 0.15) is 22.8 Å². The summed E-state index contributed by atoms with van der Waals surface area (Å²) < 4.78 is 0. The van der Waals surface area contributed by atoms with Crippen molar-refractivity contribution in [1.82, 2.24) is 16.2 Å². The van der Waals surface area contributed by atoms with Crippen LogP contribution in [0, 0.1) is 0 Å². The molecule has 5 heteroatoms. The van der Waals surface area contributed by atoms with Crippen molar-refractivity contribution in [2.24, 2.45) is 0 Å². The molecule has 3 N–H and O–H groups in total. The molecule has 0 aliphatic rings. The number of carbonyl (C=O) groups is 2. The van der Waals surface area contributed by atoms with Gasteiger partial charge in [-0.3, -0.25) is 15.0 Å². The van der Waals surface area contributed by atoms with Crippen LogP contribution in [0.3, 0.4) is 0 Å². The smallest absolute Gasteiger partial charge is 0.286 e. The molecular formula is C21H21N3O2. The molecule has 0 aliphatic heterocycles. The summed E-state index contributed by atoms with van der Waals surface area (Å²) in [6.07, 6.45) is 5.09. The molecule has 0 heterocycles. The Morgan fingerprint density at radius 1 is 0.923 bits per heavy atom. The van der Waals surface area contributed by atoms with E-state index in [4.69, 9.17) is 0 Å². The standard InChI is InChI=1S/C21H21N3O2/c1-16(2)23-24-21(26)19(15-9-12-17-10-5-3-6-11-17)22-20(25)18-13-7-4-8-14-18/h3-15,23H,1H2,2H3,(H,22,25)(H,24,26)/b12-9+,19-15-. The summed E-state index contributed by atoms with van der Waals surface area (Å²) in [6.45, 7) is 5.36. The highest BCUT2D eigenvalue weighted by Gasteiger charge is 2.13. The monoisotopic (exact) mass is 347 g/mol. The maximum absolute atomic E-state index is 12.3. The Morgan fingerprint density at radius 3 is 2.15 bits per heavy atom. The molecule has 2 aromatic carbocycles. The van der Waals surface area contributed by atoms with Gasteiger partial charge in [-0.05, 0) is 30.7 Å². The molecule has 0 atom stereocenters. The van der Waals surface area contributed by atoms with Crippen LogP contribution in [0.4, 0.5) is 0 Å². The average molecular weight is 347 g/mol. The molecule has 2 amide bonds. The Kier molecular flexibility index (Phi) is 6.94. The van der Waals surface area contributed by atoms with Crippen LogP contribution in [-0.2, 0) is 4.79 Å². The van der Waals surface area contributed by atoms with Crippen molar-refractivity contribution in [1.29, 1.82) is 0 Å². The Hall–Kier alpha value is -3.60. The van der Waals surface area contributed by atoms with E-state index in [1.165, 1.54) is 0 Å². The molecule has 0 aromatic heterocycles. The highest BCUT2D eigenvalue weighted by Crippen LogP contribution is 2.04. The van der Waals surface area contributed by atoms with E-state index in [1.807, 2.05) is 42.5 Å². The molecule has 0 radical (unpaired) electrons. The molecule has 132 valence electrons. The first-order chi connectivity index (χ1) is 12.6. The number of hydrogen-bond donors (Lipinski definition) is 3. The largest absolute Gasteiger partial charge is 0.317 e. The topological polar surface area (TPSA) is 70.2 Å². The van der Waals surface area contributed by atoms with Crippen molar-refractivity contribution in [3.05, 3.63) is 102 Å². The number of hydrazine groups is 1. The number of benzene rings is 2. The first-order valence-electron chi connectivity index (χ1n) is 8.08. The van der Waals surface area contributed by atoms with Crippen LogP contribution in [0.2, 0.25) is 0 Å². The molecule has 0 saturated heterocycles. The summed E-state index contributed by atoms with van der Waals surface area (Å²) in [5.74, 6) is -0.842. The SMILES string of the molecule is C=C(C)NNC(=O)/C(=C/C=C/c1ccccc1)NC(=O)c1ccccc1. The number of hydrogen-bond acceptors (Lipinski definition) is 3. The van der Waals surface area contributed by atoms with E-state index < -0.39 is 5.91 Å². The second-order valence-corrected chi connectivity index (χ2v) is 5.53. The second kappa shape index (κ2) is 9.64. The first kappa shape index (κ1) is 18.7. The normalized spacial score (nSPS) is 11.0. The van der Waals surface area contributed by atoms with Crippen molar-refractivity contribution in [2.45, 2.75) is 6.92 Å². The van der Waals surface area contributed by atoms with Crippen molar-refractivity contribution in [2.75, 3.05) is 0 Å². The van der Waals surface area contributed by atoms with E-state index in [0.29, 0.717) is 11.3 Å². The van der Waals surface area contributed by atoms with Gasteiger partial charge in [-0.2, -0.15) is 0 Å². The van der Waals surface area contributed by atoms with Crippen molar-refractivity contribution >= 4 is 17.9 Å². The fraction of sp³-hybridized carbons (Fsp3) is 0.0476. The Balaban J connectivity index is 2.16. The molecule has 5 nitrogen and oxygen atoms in total. The molecule has 2 aromatic rings. The lowest BCUT2D eigenvalue weighted by Crippen LogP contribution is -2.41. The fourth-order valence-electron chi connectivity index (χ4n) is 2.01. The molecule has 0 saturated carbocycles. The van der Waals surface area contributed by atoms with Gasteiger partial charge in [0.1, 0.15) is 5.70 Å². The van der Waals surface area contributed by atoms with Crippen LogP contribution < -0.4 is 16.2 Å². The van der Waals surface area contributed by atoms with Gasteiger partial charge in [0.25, 0.3) is 11.8 Å². The predicted octanol–water partition coefficient (Wildman–Crippen LogP) is 3.17. The third kappa shape index (κ3) is 6.13. The summed E-state index contributed by atoms with van der Waals surface area (Å²) in [6, 6.07) is 18.3. The third-order valence-electron chi connectivity index (χ3n) is 3.27. The van der Waals surface area contributed by atoms with Gasteiger partial charge in [-0.1, -0.05) is 67.3 Å². The molecular weight excluding hydrogens is 326 g/mol. The van der Waals surface area contributed by atoms with Gasteiger partial charge in [0.15, 0.2) is 0 Å². The molecule has 0 aliphatic carbocycles. The second-order valence-electron chi connectivity index (χ2n) is 5.53. The van der Waals surface area contributed by atoms with Gasteiger partial charge < -0.3 is 10.7 Å². The van der Waals surface area contributed by atoms with Gasteiger partial charge in [-0.15, -0.1) is 0 Å². The highest BCUT2D eigenvalue weighted by molar-refractivity contribution is 6.02. The number of amides is 2. The minimum atomic E-state index is -0.477. The molecule has 2 rings (SSSR count). The van der Waals surface area contributed by atoms with Crippen molar-refractivity contribution in [3.63, 3.8) is 0 Å². The third-order valence-corrected chi connectivity index (χ3v) is 3.27. The lowest BCUT2D eigenvalue weighted by molar-refractivity contribution is -0.118. The zero-order valence-corrected chi connectivity index (χ0v) is 14.5. The summed E-state index contributed by atoms with van der Waals surface area (Å²) >= 11 is 0. The van der Waals surface area contributed by atoms with Crippen LogP contribution in [-0.4, -0.2) is 11.8 Å². The Morgan fingerprint density at radius 2 is 1.54 bits per heavy atom. The quantitative estimate of drug-likeness (QED) is 0.409. The van der Waals surface area contributed by atoms with E-state index in [1.54, 1.807) is 43.3 Å². The number of nitrogens with one attached hydrogen (secondary N) is 3. The summed E-state index contributed by atoms with van der Waals surface area (Å²) in [7, 11) is 0. The minimum absolute atomic E-state index is 0.111. The van der Waals surface area contributed by atoms with Gasteiger partial charge in [0.05, 0.1) is 0 Å². The van der Waals surface area contributed by atoms with E-state index in [-0.39, 0.29) is 11.6 Å². The van der Waals surface area contributed by atoms with E-state index in [0.717, 1.165) is 5.56 Å². The average Bonchev–Trinajstić information content (AvgIpc) is 2.66.